The minimum atomic E-state index is -1.92. The van der Waals surface area contributed by atoms with Crippen LogP contribution in [0.5, 0.6) is 11.5 Å². The molecule has 5 nitrogen and oxygen atoms in total. The number of nitrogens with zero attached hydrogens (tertiary/aromatic N) is 4. The Morgan fingerprint density at radius 3 is 2.16 bits per heavy atom. The quantitative estimate of drug-likeness (QED) is 0.0906. The van der Waals surface area contributed by atoms with E-state index in [1.54, 1.807) is 0 Å². The summed E-state index contributed by atoms with van der Waals surface area (Å²) in [6.45, 7) is 6.67. The zero-order valence-electron chi connectivity index (χ0n) is 32.4. The van der Waals surface area contributed by atoms with Crippen molar-refractivity contribution in [1.82, 2.24) is 14.1 Å². The van der Waals surface area contributed by atoms with E-state index in [-0.39, 0.29) is 26.5 Å². The minimum absolute atomic E-state index is 0. The standard InChI is InChI=1S/C49H42GeN4O.Pt/c1-49(2,3)36-27-28-51-48(30-36)54-44-18-11-10-17-42(44)43-25-24-41(32-46(43)54)55-40-16-12-15-39(31-40)53-33-52(38-13-8-7-9-14-38)47-29-35(21-26-45(47)53)34-19-22-37(23-20-34)50(4,5)6;/h7-30H,1-6H3;/q-2;. The maximum absolute atomic E-state index is 6.55. The second kappa shape index (κ2) is 14.7. The summed E-state index contributed by atoms with van der Waals surface area (Å²) in [5.41, 5.74) is 9.50. The second-order valence-electron chi connectivity index (χ2n) is 16.2. The molecule has 0 saturated carbocycles. The molecule has 3 aromatic heterocycles. The molecule has 0 aliphatic heterocycles. The minimum Gasteiger partial charge on any atom is -0.159 e. The van der Waals surface area contributed by atoms with Crippen molar-refractivity contribution in [2.24, 2.45) is 0 Å². The van der Waals surface area contributed by atoms with Gasteiger partial charge in [0.15, 0.2) is 0 Å². The van der Waals surface area contributed by atoms with E-state index in [1.807, 2.05) is 36.5 Å². The maximum atomic E-state index is 6.55. The van der Waals surface area contributed by atoms with Gasteiger partial charge in [0.1, 0.15) is 5.82 Å². The van der Waals surface area contributed by atoms with Crippen molar-refractivity contribution >= 4 is 50.5 Å². The first-order valence-corrected chi connectivity index (χ1v) is 26.1. The summed E-state index contributed by atoms with van der Waals surface area (Å²) in [4.78, 5) is 4.83. The molecule has 0 amide bonds. The van der Waals surface area contributed by atoms with Gasteiger partial charge in [0.05, 0.1) is 0 Å². The van der Waals surface area contributed by atoms with Crippen molar-refractivity contribution in [3.63, 3.8) is 0 Å². The second-order valence-corrected chi connectivity index (χ2v) is 26.9. The molecule has 0 saturated heterocycles. The summed E-state index contributed by atoms with van der Waals surface area (Å²) in [6.07, 6.45) is 5.53. The normalized spacial score (nSPS) is 12.0. The molecular formula is C49H42GeN4OPt-2. The summed E-state index contributed by atoms with van der Waals surface area (Å²) in [5.74, 6) is 9.34. The molecule has 6 aromatic carbocycles. The number of benzene rings is 6. The summed E-state index contributed by atoms with van der Waals surface area (Å²) in [6, 6.07) is 56.1. The topological polar surface area (TPSA) is 35.9 Å². The number of rotatable bonds is 7. The number of hydrogen-bond donors (Lipinski definition) is 0. The van der Waals surface area contributed by atoms with Crippen LogP contribution in [0, 0.1) is 18.5 Å². The van der Waals surface area contributed by atoms with E-state index in [2.05, 4.69) is 179 Å². The fraction of sp³-hybridized carbons (Fsp3) is 0.143. The zero-order chi connectivity index (χ0) is 37.9. The summed E-state index contributed by atoms with van der Waals surface area (Å²) < 4.78 is 14.4. The van der Waals surface area contributed by atoms with Gasteiger partial charge in [-0.15, -0.1) is 23.6 Å². The van der Waals surface area contributed by atoms with Crippen molar-refractivity contribution in [3.8, 4) is 39.8 Å². The molecule has 3 heterocycles. The van der Waals surface area contributed by atoms with Crippen LogP contribution in [0.2, 0.25) is 17.3 Å². The molecule has 0 fully saturated rings. The van der Waals surface area contributed by atoms with Crippen LogP contribution >= 0.6 is 0 Å². The molecular weight excluding hydrogens is 928 g/mol. The Morgan fingerprint density at radius 2 is 1.39 bits per heavy atom. The Labute approximate surface area is 345 Å². The molecule has 0 atom stereocenters. The average Bonchev–Trinajstić information content (AvgIpc) is 3.73. The SMILES string of the molecule is CC(C)(C)c1ccnc(-n2c3[c-]c(Oc4[c-]c(-n5[c-][n+](-c6ccccc6)c6cc(-c7cc[c]([Ge]([CH3])([CH3])[CH3])cc7)ccc65)ccc4)ccc3c3ccccc32)c1.[Pt]. The van der Waals surface area contributed by atoms with E-state index in [1.165, 1.54) is 21.1 Å². The first kappa shape index (κ1) is 37.7. The van der Waals surface area contributed by atoms with Gasteiger partial charge in [0, 0.05) is 38.5 Å². The molecule has 9 rings (SSSR count). The summed E-state index contributed by atoms with van der Waals surface area (Å²) in [7, 11) is 0. The summed E-state index contributed by atoms with van der Waals surface area (Å²) in [5, 5.41) is 2.24. The van der Waals surface area contributed by atoms with Gasteiger partial charge < -0.3 is 9.30 Å². The third-order valence-corrected chi connectivity index (χ3v) is 14.7. The molecule has 56 heavy (non-hydrogen) atoms. The Hall–Kier alpha value is -5.23. The van der Waals surface area contributed by atoms with Crippen LogP contribution in [0.25, 0.3) is 61.2 Å². The molecule has 0 aliphatic rings. The number of hydrogen-bond acceptors (Lipinski definition) is 2. The molecule has 0 unspecified atom stereocenters. The molecule has 0 spiro atoms. The fourth-order valence-corrected chi connectivity index (χ4v) is 9.77. The van der Waals surface area contributed by atoms with E-state index in [0.29, 0.717) is 11.5 Å². The van der Waals surface area contributed by atoms with Gasteiger partial charge in [0.2, 0.25) is 0 Å². The van der Waals surface area contributed by atoms with Crippen molar-refractivity contribution in [3.05, 3.63) is 170 Å². The fourth-order valence-electron chi connectivity index (χ4n) is 7.32. The zero-order valence-corrected chi connectivity index (χ0v) is 36.7. The Morgan fingerprint density at radius 1 is 0.661 bits per heavy atom. The van der Waals surface area contributed by atoms with Crippen molar-refractivity contribution in [1.29, 1.82) is 0 Å². The van der Waals surface area contributed by atoms with Crippen LogP contribution in [-0.4, -0.2) is 27.4 Å². The number of aromatic nitrogens is 4. The molecule has 0 bridgehead atoms. The van der Waals surface area contributed by atoms with Gasteiger partial charge in [0.25, 0.3) is 0 Å². The smallest absolute Gasteiger partial charge is 0.159 e. The summed E-state index contributed by atoms with van der Waals surface area (Å²) >= 11 is -1.92. The van der Waals surface area contributed by atoms with Gasteiger partial charge in [-0.1, -0.05) is 44.5 Å². The number of fused-ring (bicyclic) bond motifs is 4. The molecule has 0 aliphatic carbocycles. The molecule has 0 N–H and O–H groups in total. The van der Waals surface area contributed by atoms with E-state index in [0.717, 1.165) is 50.0 Å². The molecule has 0 radical (unpaired) electrons. The van der Waals surface area contributed by atoms with E-state index < -0.39 is 13.3 Å². The predicted molar refractivity (Wildman–Crippen MR) is 227 cm³/mol. The van der Waals surface area contributed by atoms with Gasteiger partial charge in [-0.3, -0.25) is 0 Å². The van der Waals surface area contributed by atoms with E-state index in [9.17, 15) is 0 Å². The van der Waals surface area contributed by atoms with Crippen LogP contribution in [0.3, 0.4) is 0 Å². The molecule has 7 heteroatoms. The van der Waals surface area contributed by atoms with Gasteiger partial charge in [-0.2, -0.15) is 6.07 Å². The Balaban J connectivity index is 0.00000441. The van der Waals surface area contributed by atoms with Crippen molar-refractivity contribution in [2.75, 3.05) is 0 Å². The average molecular weight is 971 g/mol. The molecule has 9 aromatic rings. The van der Waals surface area contributed by atoms with Gasteiger partial charge >= 0.3 is 181 Å². The Kier molecular flexibility index (Phi) is 9.89. The molecule has 280 valence electrons. The monoisotopic (exact) mass is 971 g/mol. The third kappa shape index (κ3) is 7.04. The third-order valence-electron chi connectivity index (χ3n) is 10.4. The van der Waals surface area contributed by atoms with Crippen LogP contribution in [-0.2, 0) is 26.5 Å². The van der Waals surface area contributed by atoms with Crippen LogP contribution < -0.4 is 13.7 Å². The number of para-hydroxylation sites is 2. The van der Waals surface area contributed by atoms with Crippen LogP contribution in [0.15, 0.2) is 146 Å². The first-order valence-electron chi connectivity index (χ1n) is 18.8. The van der Waals surface area contributed by atoms with E-state index >= 15 is 0 Å². The van der Waals surface area contributed by atoms with Crippen molar-refractivity contribution in [2.45, 2.75) is 43.5 Å². The van der Waals surface area contributed by atoms with Crippen LogP contribution in [0.1, 0.15) is 26.3 Å². The van der Waals surface area contributed by atoms with Crippen LogP contribution in [0.4, 0.5) is 0 Å². The predicted octanol–water partition coefficient (Wildman–Crippen LogP) is 11.1. The van der Waals surface area contributed by atoms with Crippen molar-refractivity contribution < 1.29 is 30.4 Å². The number of pyridine rings is 1. The number of ether oxygens (including phenoxy) is 1. The van der Waals surface area contributed by atoms with E-state index in [4.69, 9.17) is 9.72 Å². The van der Waals surface area contributed by atoms with Gasteiger partial charge in [-0.25, -0.2) is 4.98 Å². The Bertz CT molecular complexity index is 2860. The van der Waals surface area contributed by atoms with Gasteiger partial charge in [-0.05, 0) is 34.6 Å². The first-order chi connectivity index (χ1) is 26.5. The number of imidazole rings is 1.